The van der Waals surface area contributed by atoms with Crippen LogP contribution in [0.1, 0.15) is 72.1 Å². The van der Waals surface area contributed by atoms with Crippen molar-refractivity contribution in [1.29, 1.82) is 0 Å². The third-order valence-electron chi connectivity index (χ3n) is 3.22. The van der Waals surface area contributed by atoms with Gasteiger partial charge >= 0.3 is 11.9 Å². The molecule has 0 aromatic heterocycles. The second-order valence-corrected chi connectivity index (χ2v) is 5.33. The molecule has 0 heterocycles. The molecule has 0 atom stereocenters. The highest BCUT2D eigenvalue weighted by Crippen LogP contribution is 2.09. The van der Waals surface area contributed by atoms with E-state index in [4.69, 9.17) is 9.47 Å². The van der Waals surface area contributed by atoms with Crippen molar-refractivity contribution in [3.05, 3.63) is 0 Å². The zero-order chi connectivity index (χ0) is 15.2. The fraction of sp³-hybridized carbons (Fsp3) is 0.875. The molecular weight excluding hydrogens is 256 g/mol. The van der Waals surface area contributed by atoms with Gasteiger partial charge in [0.25, 0.3) is 0 Å². The molecule has 0 aromatic carbocycles. The maximum absolute atomic E-state index is 11.3. The normalized spacial score (nSPS) is 10.6. The van der Waals surface area contributed by atoms with Crippen molar-refractivity contribution in [1.82, 2.24) is 0 Å². The number of hydrogen-bond donors (Lipinski definition) is 0. The Kier molecular flexibility index (Phi) is 12.3. The monoisotopic (exact) mass is 286 g/mol. The fourth-order valence-electron chi connectivity index (χ4n) is 1.68. The average molecular weight is 286 g/mol. The van der Waals surface area contributed by atoms with Crippen molar-refractivity contribution in [2.75, 3.05) is 13.2 Å². The largest absolute Gasteiger partial charge is 0.466 e. The van der Waals surface area contributed by atoms with E-state index >= 15 is 0 Å². The lowest BCUT2D eigenvalue weighted by atomic mass is 10.1. The quantitative estimate of drug-likeness (QED) is 0.511. The highest BCUT2D eigenvalue weighted by molar-refractivity contribution is 5.69. The summed E-state index contributed by atoms with van der Waals surface area (Å²) in [6, 6.07) is 0. The Labute approximate surface area is 123 Å². The van der Waals surface area contributed by atoms with Crippen LogP contribution in [0.15, 0.2) is 0 Å². The number of carbonyl (C=O) groups is 2. The number of esters is 2. The van der Waals surface area contributed by atoms with Gasteiger partial charge < -0.3 is 9.47 Å². The zero-order valence-corrected chi connectivity index (χ0v) is 13.3. The van der Waals surface area contributed by atoms with Crippen LogP contribution in [-0.2, 0) is 19.1 Å². The maximum atomic E-state index is 11.3. The van der Waals surface area contributed by atoms with E-state index in [0.717, 1.165) is 38.5 Å². The molecule has 0 rings (SSSR count). The molecule has 4 heteroatoms. The standard InChI is InChI=1S/C16H30O4/c1-4-6-8-15(17)19-12-10-14(3)11-13-20-16(18)9-7-5-2/h14H,4-13H2,1-3H3. The minimum atomic E-state index is -0.106. The van der Waals surface area contributed by atoms with Crippen LogP contribution in [0.4, 0.5) is 0 Å². The Morgan fingerprint density at radius 3 is 1.60 bits per heavy atom. The molecule has 0 saturated carbocycles. The third kappa shape index (κ3) is 12.0. The second kappa shape index (κ2) is 12.9. The van der Waals surface area contributed by atoms with Gasteiger partial charge in [-0.25, -0.2) is 0 Å². The number of rotatable bonds is 12. The first-order valence-electron chi connectivity index (χ1n) is 7.91. The van der Waals surface area contributed by atoms with E-state index in [1.54, 1.807) is 0 Å². The summed E-state index contributed by atoms with van der Waals surface area (Å²) in [5.41, 5.74) is 0. The van der Waals surface area contributed by atoms with Crippen molar-refractivity contribution >= 4 is 11.9 Å². The molecule has 0 spiro atoms. The molecule has 20 heavy (non-hydrogen) atoms. The third-order valence-corrected chi connectivity index (χ3v) is 3.22. The van der Waals surface area contributed by atoms with Gasteiger partial charge in [-0.15, -0.1) is 0 Å². The Balaban J connectivity index is 3.47. The second-order valence-electron chi connectivity index (χ2n) is 5.33. The highest BCUT2D eigenvalue weighted by atomic mass is 16.5. The summed E-state index contributed by atoms with van der Waals surface area (Å²) in [5, 5.41) is 0. The van der Waals surface area contributed by atoms with Gasteiger partial charge in [-0.3, -0.25) is 9.59 Å². The van der Waals surface area contributed by atoms with Crippen LogP contribution in [0, 0.1) is 5.92 Å². The first-order chi connectivity index (χ1) is 9.60. The van der Waals surface area contributed by atoms with Crippen molar-refractivity contribution in [2.24, 2.45) is 5.92 Å². The fourth-order valence-corrected chi connectivity index (χ4v) is 1.68. The van der Waals surface area contributed by atoms with E-state index in [1.165, 1.54) is 0 Å². The smallest absolute Gasteiger partial charge is 0.305 e. The first-order valence-corrected chi connectivity index (χ1v) is 7.91. The van der Waals surface area contributed by atoms with Gasteiger partial charge in [-0.05, 0) is 31.6 Å². The Hall–Kier alpha value is -1.06. The van der Waals surface area contributed by atoms with Crippen LogP contribution in [0.5, 0.6) is 0 Å². The molecule has 0 unspecified atom stereocenters. The van der Waals surface area contributed by atoms with Crippen LogP contribution in [0.25, 0.3) is 0 Å². The summed E-state index contributed by atoms with van der Waals surface area (Å²) in [5.74, 6) is 0.183. The predicted octanol–water partition coefficient (Wildman–Crippen LogP) is 3.87. The summed E-state index contributed by atoms with van der Waals surface area (Å²) in [7, 11) is 0. The van der Waals surface area contributed by atoms with Gasteiger partial charge in [0, 0.05) is 12.8 Å². The molecule has 0 aromatic rings. The van der Waals surface area contributed by atoms with Gasteiger partial charge in [-0.2, -0.15) is 0 Å². The lowest BCUT2D eigenvalue weighted by molar-refractivity contribution is -0.144. The number of unbranched alkanes of at least 4 members (excludes halogenated alkanes) is 2. The van der Waals surface area contributed by atoms with Crippen LogP contribution in [-0.4, -0.2) is 25.2 Å². The lowest BCUT2D eigenvalue weighted by Crippen LogP contribution is -2.11. The van der Waals surface area contributed by atoms with E-state index in [1.807, 2.05) is 0 Å². The van der Waals surface area contributed by atoms with Crippen molar-refractivity contribution in [2.45, 2.75) is 72.1 Å². The van der Waals surface area contributed by atoms with Crippen LogP contribution in [0.2, 0.25) is 0 Å². The topological polar surface area (TPSA) is 52.6 Å². The number of ether oxygens (including phenoxy) is 2. The highest BCUT2D eigenvalue weighted by Gasteiger charge is 2.07. The molecule has 0 aliphatic carbocycles. The van der Waals surface area contributed by atoms with Gasteiger partial charge in [-0.1, -0.05) is 33.6 Å². The molecule has 0 aliphatic rings. The Morgan fingerprint density at radius 1 is 0.850 bits per heavy atom. The SMILES string of the molecule is CCCCC(=O)OCCC(C)CCOC(=O)CCCC. The first kappa shape index (κ1) is 18.9. The van der Waals surface area contributed by atoms with Gasteiger partial charge in [0.15, 0.2) is 0 Å². The van der Waals surface area contributed by atoms with Crippen LogP contribution < -0.4 is 0 Å². The van der Waals surface area contributed by atoms with E-state index in [9.17, 15) is 9.59 Å². The Morgan fingerprint density at radius 2 is 1.25 bits per heavy atom. The molecule has 0 aliphatic heterocycles. The van der Waals surface area contributed by atoms with Crippen molar-refractivity contribution in [3.63, 3.8) is 0 Å². The number of carbonyl (C=O) groups excluding carboxylic acids is 2. The molecule has 0 bridgehead atoms. The van der Waals surface area contributed by atoms with Crippen molar-refractivity contribution in [3.8, 4) is 0 Å². The molecule has 0 fully saturated rings. The predicted molar refractivity (Wildman–Crippen MR) is 79.4 cm³/mol. The van der Waals surface area contributed by atoms with E-state index < -0.39 is 0 Å². The molecule has 0 radical (unpaired) electrons. The van der Waals surface area contributed by atoms with Gasteiger partial charge in [0.2, 0.25) is 0 Å². The zero-order valence-electron chi connectivity index (χ0n) is 13.3. The summed E-state index contributed by atoms with van der Waals surface area (Å²) >= 11 is 0. The summed E-state index contributed by atoms with van der Waals surface area (Å²) < 4.78 is 10.3. The maximum Gasteiger partial charge on any atom is 0.305 e. The van der Waals surface area contributed by atoms with E-state index in [0.29, 0.717) is 32.0 Å². The average Bonchev–Trinajstić information content (AvgIpc) is 2.42. The summed E-state index contributed by atoms with van der Waals surface area (Å²) in [4.78, 5) is 22.6. The molecule has 0 N–H and O–H groups in total. The van der Waals surface area contributed by atoms with Crippen molar-refractivity contribution < 1.29 is 19.1 Å². The molecular formula is C16H30O4. The molecule has 0 saturated heterocycles. The van der Waals surface area contributed by atoms with E-state index in [2.05, 4.69) is 20.8 Å². The number of hydrogen-bond acceptors (Lipinski definition) is 4. The minimum Gasteiger partial charge on any atom is -0.466 e. The molecule has 118 valence electrons. The Bertz CT molecular complexity index is 237. The van der Waals surface area contributed by atoms with Gasteiger partial charge in [0.05, 0.1) is 13.2 Å². The summed E-state index contributed by atoms with van der Waals surface area (Å²) in [6.07, 6.45) is 6.47. The van der Waals surface area contributed by atoms with E-state index in [-0.39, 0.29) is 11.9 Å². The van der Waals surface area contributed by atoms with Crippen LogP contribution >= 0.6 is 0 Å². The van der Waals surface area contributed by atoms with Gasteiger partial charge in [0.1, 0.15) is 0 Å². The van der Waals surface area contributed by atoms with Crippen LogP contribution in [0.3, 0.4) is 0 Å². The molecule has 0 amide bonds. The minimum absolute atomic E-state index is 0.106. The summed E-state index contributed by atoms with van der Waals surface area (Å²) in [6.45, 7) is 7.12. The molecule has 4 nitrogen and oxygen atoms in total. The lowest BCUT2D eigenvalue weighted by Gasteiger charge is -2.12.